The Kier molecular flexibility index (Phi) is 8.74. The van der Waals surface area contributed by atoms with E-state index in [1.807, 2.05) is 0 Å². The predicted molar refractivity (Wildman–Crippen MR) is 120 cm³/mol. The number of aliphatic carboxylic acids is 1. The van der Waals surface area contributed by atoms with Crippen molar-refractivity contribution in [1.82, 2.24) is 4.90 Å². The highest BCUT2D eigenvalue weighted by atomic mass is 19.4. The molecular formula is C26H26F9NO2. The van der Waals surface area contributed by atoms with Crippen molar-refractivity contribution in [3.8, 4) is 0 Å². The Morgan fingerprint density at radius 1 is 0.868 bits per heavy atom. The summed E-state index contributed by atoms with van der Waals surface area (Å²) in [5.74, 6) is -1.52. The molecule has 0 bridgehead atoms. The Bertz CT molecular complexity index is 1110. The standard InChI is InChI=1S/C26H26F9NO2/c1-2-3-20-10-15(12-23(37)38)11-22(16-4-6-18(7-5-16)24(27,28)29)36(20)14-17-13-19(25(30,31)32)8-9-21(17)26(33,34)35/h4-9,13,15,20,22H,2-3,10-12,14H2,1H3,(H,37,38)/t15-,20+,22+/m0/s1. The maximum absolute atomic E-state index is 13.8. The van der Waals surface area contributed by atoms with Gasteiger partial charge in [-0.2, -0.15) is 39.5 Å². The zero-order valence-corrected chi connectivity index (χ0v) is 20.2. The first-order chi connectivity index (χ1) is 17.5. The van der Waals surface area contributed by atoms with E-state index in [1.54, 1.807) is 11.8 Å². The van der Waals surface area contributed by atoms with Crippen LogP contribution in [-0.4, -0.2) is 22.0 Å². The molecule has 12 heteroatoms. The minimum atomic E-state index is -4.94. The van der Waals surface area contributed by atoms with Crippen LogP contribution in [0.1, 0.15) is 72.9 Å². The van der Waals surface area contributed by atoms with Gasteiger partial charge in [-0.1, -0.05) is 25.5 Å². The second kappa shape index (κ2) is 11.2. The molecule has 3 rings (SSSR count). The lowest BCUT2D eigenvalue weighted by molar-refractivity contribution is -0.142. The number of halogens is 9. The van der Waals surface area contributed by atoms with Crippen molar-refractivity contribution in [3.63, 3.8) is 0 Å². The number of hydrogen-bond acceptors (Lipinski definition) is 2. The number of nitrogens with zero attached hydrogens (tertiary/aromatic N) is 1. The first-order valence-electron chi connectivity index (χ1n) is 11.9. The minimum absolute atomic E-state index is 0.109. The van der Waals surface area contributed by atoms with E-state index in [1.165, 1.54) is 12.1 Å². The Balaban J connectivity index is 2.11. The number of hydrogen-bond donors (Lipinski definition) is 1. The lowest BCUT2D eigenvalue weighted by Gasteiger charge is -2.46. The highest BCUT2D eigenvalue weighted by Gasteiger charge is 2.41. The van der Waals surface area contributed by atoms with Crippen LogP contribution in [0.25, 0.3) is 0 Å². The fourth-order valence-corrected chi connectivity index (χ4v) is 5.19. The first-order valence-corrected chi connectivity index (χ1v) is 11.9. The normalized spacial score (nSPS) is 21.5. The van der Waals surface area contributed by atoms with Gasteiger partial charge in [0, 0.05) is 25.0 Å². The van der Waals surface area contributed by atoms with Crippen LogP contribution in [0, 0.1) is 5.92 Å². The Morgan fingerprint density at radius 3 is 1.95 bits per heavy atom. The zero-order chi connectivity index (χ0) is 28.5. The summed E-state index contributed by atoms with van der Waals surface area (Å²) in [6, 6.07) is 3.93. The van der Waals surface area contributed by atoms with Crippen LogP contribution in [0.3, 0.4) is 0 Å². The van der Waals surface area contributed by atoms with Crippen molar-refractivity contribution in [3.05, 3.63) is 70.3 Å². The van der Waals surface area contributed by atoms with E-state index in [4.69, 9.17) is 0 Å². The van der Waals surface area contributed by atoms with Crippen LogP contribution in [0.5, 0.6) is 0 Å². The molecule has 0 aliphatic carbocycles. The number of piperidine rings is 1. The first kappa shape index (κ1) is 29.8. The van der Waals surface area contributed by atoms with E-state index in [0.29, 0.717) is 36.6 Å². The summed E-state index contributed by atoms with van der Waals surface area (Å²) in [6.07, 6.45) is -13.4. The number of carbonyl (C=O) groups is 1. The van der Waals surface area contributed by atoms with Gasteiger partial charge in [-0.15, -0.1) is 0 Å². The van der Waals surface area contributed by atoms with Gasteiger partial charge in [-0.3, -0.25) is 9.69 Å². The molecule has 0 amide bonds. The minimum Gasteiger partial charge on any atom is -0.481 e. The smallest absolute Gasteiger partial charge is 0.416 e. The van der Waals surface area contributed by atoms with E-state index < -0.39 is 71.3 Å². The van der Waals surface area contributed by atoms with Crippen molar-refractivity contribution in [2.75, 3.05) is 0 Å². The maximum atomic E-state index is 13.8. The van der Waals surface area contributed by atoms with Gasteiger partial charge in [0.1, 0.15) is 0 Å². The van der Waals surface area contributed by atoms with Crippen LogP contribution in [0.2, 0.25) is 0 Å². The van der Waals surface area contributed by atoms with Crippen LogP contribution < -0.4 is 0 Å². The Morgan fingerprint density at radius 2 is 1.45 bits per heavy atom. The molecule has 0 spiro atoms. The lowest BCUT2D eigenvalue weighted by atomic mass is 9.79. The molecule has 1 aliphatic rings. The number of rotatable bonds is 7. The van der Waals surface area contributed by atoms with Gasteiger partial charge in [0.25, 0.3) is 0 Å². The molecule has 0 aromatic heterocycles. The summed E-state index contributed by atoms with van der Waals surface area (Å²) in [4.78, 5) is 13.0. The molecule has 1 N–H and O–H groups in total. The zero-order valence-electron chi connectivity index (χ0n) is 20.2. The molecule has 3 atom stereocenters. The monoisotopic (exact) mass is 555 g/mol. The molecular weight excluding hydrogens is 529 g/mol. The van der Waals surface area contributed by atoms with Crippen LogP contribution in [0.4, 0.5) is 39.5 Å². The molecule has 2 aromatic carbocycles. The van der Waals surface area contributed by atoms with E-state index in [0.717, 1.165) is 12.1 Å². The number of carboxylic acid groups (broad SMARTS) is 1. The fourth-order valence-electron chi connectivity index (χ4n) is 5.19. The summed E-state index contributed by atoms with van der Waals surface area (Å²) in [5, 5.41) is 9.33. The average Bonchev–Trinajstić information content (AvgIpc) is 2.78. The van der Waals surface area contributed by atoms with Gasteiger partial charge in [0.05, 0.1) is 16.7 Å². The van der Waals surface area contributed by atoms with Crippen molar-refractivity contribution in [2.45, 2.75) is 76.2 Å². The van der Waals surface area contributed by atoms with Gasteiger partial charge in [0.15, 0.2) is 0 Å². The molecule has 1 saturated heterocycles. The third-order valence-corrected chi connectivity index (χ3v) is 6.83. The highest BCUT2D eigenvalue weighted by molar-refractivity contribution is 5.67. The van der Waals surface area contributed by atoms with Crippen LogP contribution in [-0.2, 0) is 29.9 Å². The molecule has 0 unspecified atom stereocenters. The largest absolute Gasteiger partial charge is 0.481 e. The van der Waals surface area contributed by atoms with Gasteiger partial charge < -0.3 is 5.11 Å². The lowest BCUT2D eigenvalue weighted by Crippen LogP contribution is -2.45. The van der Waals surface area contributed by atoms with Crippen molar-refractivity contribution in [1.29, 1.82) is 0 Å². The van der Waals surface area contributed by atoms with Gasteiger partial charge in [0.2, 0.25) is 0 Å². The molecule has 1 aliphatic heterocycles. The number of carboxylic acids is 1. The molecule has 1 heterocycles. The van der Waals surface area contributed by atoms with Crippen LogP contribution in [0.15, 0.2) is 42.5 Å². The van der Waals surface area contributed by atoms with E-state index in [2.05, 4.69) is 0 Å². The second-order valence-electron chi connectivity index (χ2n) is 9.55. The van der Waals surface area contributed by atoms with Gasteiger partial charge in [-0.25, -0.2) is 0 Å². The SMILES string of the molecule is CCC[C@@H]1C[C@H](CC(=O)O)C[C@H](c2ccc(C(F)(F)F)cc2)N1Cc1cc(C(F)(F)F)ccc1C(F)(F)F. The molecule has 3 nitrogen and oxygen atoms in total. The molecule has 1 fully saturated rings. The third kappa shape index (κ3) is 7.21. The molecule has 0 radical (unpaired) electrons. The fraction of sp³-hybridized carbons (Fsp3) is 0.500. The van der Waals surface area contributed by atoms with Crippen molar-refractivity contribution >= 4 is 5.97 Å². The predicted octanol–water partition coefficient (Wildman–Crippen LogP) is 8.34. The molecule has 0 saturated carbocycles. The topological polar surface area (TPSA) is 40.5 Å². The summed E-state index contributed by atoms with van der Waals surface area (Å²) < 4.78 is 121. The van der Waals surface area contributed by atoms with Gasteiger partial charge >= 0.3 is 24.5 Å². The van der Waals surface area contributed by atoms with Gasteiger partial charge in [-0.05, 0) is 66.6 Å². The van der Waals surface area contributed by atoms with Crippen LogP contribution >= 0.6 is 0 Å². The summed E-state index contributed by atoms with van der Waals surface area (Å²) in [5.41, 5.74) is -3.72. The van der Waals surface area contributed by atoms with E-state index >= 15 is 0 Å². The molecule has 38 heavy (non-hydrogen) atoms. The molecule has 210 valence electrons. The Hall–Kier alpha value is -2.76. The van der Waals surface area contributed by atoms with E-state index in [-0.39, 0.29) is 19.3 Å². The molecule has 2 aromatic rings. The summed E-state index contributed by atoms with van der Waals surface area (Å²) in [6.45, 7) is 1.26. The highest BCUT2D eigenvalue weighted by Crippen LogP contribution is 2.44. The number of likely N-dealkylation sites (tertiary alicyclic amines) is 1. The summed E-state index contributed by atoms with van der Waals surface area (Å²) in [7, 11) is 0. The van der Waals surface area contributed by atoms with Crippen molar-refractivity contribution in [2.24, 2.45) is 5.92 Å². The van der Waals surface area contributed by atoms with Crippen molar-refractivity contribution < 1.29 is 49.4 Å². The second-order valence-corrected chi connectivity index (χ2v) is 9.55. The third-order valence-electron chi connectivity index (χ3n) is 6.83. The number of alkyl halides is 9. The maximum Gasteiger partial charge on any atom is 0.416 e. The quantitative estimate of drug-likeness (QED) is 0.349. The summed E-state index contributed by atoms with van der Waals surface area (Å²) >= 11 is 0. The van der Waals surface area contributed by atoms with E-state index in [9.17, 15) is 49.4 Å². The Labute approximate surface area is 213 Å². The number of benzene rings is 2. The average molecular weight is 555 g/mol.